The van der Waals surface area contributed by atoms with Crippen LogP contribution in [0.25, 0.3) is 0 Å². The Labute approximate surface area is 181 Å². The van der Waals surface area contributed by atoms with Crippen molar-refractivity contribution in [3.05, 3.63) is 126 Å². The number of rotatable bonds is 6. The Bertz CT molecular complexity index is 1010. The minimum atomic E-state index is -1.45. The van der Waals surface area contributed by atoms with Crippen molar-refractivity contribution in [1.82, 2.24) is 0 Å². The van der Waals surface area contributed by atoms with Gasteiger partial charge in [0, 0.05) is 22.6 Å². The molecule has 1 nitrogen and oxygen atoms in total. The lowest BCUT2D eigenvalue weighted by Crippen LogP contribution is -2.31. The van der Waals surface area contributed by atoms with Gasteiger partial charge in [-0.15, -0.1) is 0 Å². The zero-order valence-electron chi connectivity index (χ0n) is 18.0. The summed E-state index contributed by atoms with van der Waals surface area (Å²) >= 11 is 0. The van der Waals surface area contributed by atoms with Crippen LogP contribution in [0.2, 0.25) is 19.6 Å². The minimum Gasteiger partial charge on any atom is -0.311 e. The van der Waals surface area contributed by atoms with E-state index in [1.807, 2.05) is 0 Å². The van der Waals surface area contributed by atoms with E-state index in [9.17, 15) is 0 Å². The predicted molar refractivity (Wildman–Crippen MR) is 133 cm³/mol. The molecule has 0 spiro atoms. The van der Waals surface area contributed by atoms with Crippen LogP contribution < -0.4 is 4.90 Å². The molecule has 0 aromatic heterocycles. The Hall–Kier alpha value is -3.10. The van der Waals surface area contributed by atoms with Crippen LogP contribution in [0.1, 0.15) is 16.7 Å². The highest BCUT2D eigenvalue weighted by molar-refractivity contribution is 6.78. The molecule has 0 saturated carbocycles. The van der Waals surface area contributed by atoms with E-state index in [-0.39, 0.29) is 0 Å². The molecule has 1 atom stereocenters. The summed E-state index contributed by atoms with van der Waals surface area (Å²) in [7, 11) is -1.45. The first kappa shape index (κ1) is 20.2. The molecule has 1 unspecified atom stereocenters. The summed E-state index contributed by atoms with van der Waals surface area (Å²) in [4.78, 5) is 2.32. The maximum atomic E-state index is 2.46. The maximum Gasteiger partial charge on any atom is 0.0573 e. The quantitative estimate of drug-likeness (QED) is 0.291. The first-order chi connectivity index (χ1) is 14.5. The van der Waals surface area contributed by atoms with Crippen molar-refractivity contribution in [1.29, 1.82) is 0 Å². The Balaban J connectivity index is 1.75. The Morgan fingerprint density at radius 3 is 1.27 bits per heavy atom. The van der Waals surface area contributed by atoms with Crippen LogP contribution in [-0.2, 0) is 0 Å². The molecule has 30 heavy (non-hydrogen) atoms. The number of para-hydroxylation sites is 2. The van der Waals surface area contributed by atoms with Gasteiger partial charge in [-0.05, 0) is 47.5 Å². The van der Waals surface area contributed by atoms with E-state index >= 15 is 0 Å². The largest absolute Gasteiger partial charge is 0.311 e. The van der Waals surface area contributed by atoms with Crippen molar-refractivity contribution in [2.24, 2.45) is 0 Å². The molecule has 0 bridgehead atoms. The van der Waals surface area contributed by atoms with E-state index in [0.29, 0.717) is 5.54 Å². The SMILES string of the molecule is C[Si](C)(C)C(c1ccccc1)c1ccc(N(c2ccccc2)c2ccccc2)cc1. The van der Waals surface area contributed by atoms with Gasteiger partial charge in [-0.25, -0.2) is 0 Å². The summed E-state index contributed by atoms with van der Waals surface area (Å²) in [6.07, 6.45) is 0. The van der Waals surface area contributed by atoms with E-state index < -0.39 is 8.07 Å². The van der Waals surface area contributed by atoms with E-state index in [1.54, 1.807) is 0 Å². The molecule has 0 saturated heterocycles. The molecule has 4 aromatic carbocycles. The summed E-state index contributed by atoms with van der Waals surface area (Å²) in [6, 6.07) is 41.3. The number of benzene rings is 4. The summed E-state index contributed by atoms with van der Waals surface area (Å²) in [5.41, 5.74) is 6.83. The number of hydrogen-bond donors (Lipinski definition) is 0. The second kappa shape index (κ2) is 8.72. The molecule has 0 aliphatic carbocycles. The fraction of sp³-hybridized carbons (Fsp3) is 0.143. The predicted octanol–water partition coefficient (Wildman–Crippen LogP) is 8.17. The lowest BCUT2D eigenvalue weighted by Gasteiger charge is -2.31. The molecule has 150 valence electrons. The fourth-order valence-corrected chi connectivity index (χ4v) is 6.64. The average molecular weight is 408 g/mol. The number of nitrogens with zero attached hydrogens (tertiary/aromatic N) is 1. The molecule has 2 heteroatoms. The molecule has 0 amide bonds. The van der Waals surface area contributed by atoms with Crippen molar-refractivity contribution in [2.75, 3.05) is 4.90 Å². The first-order valence-corrected chi connectivity index (χ1v) is 14.2. The molecule has 0 aliphatic heterocycles. The smallest absolute Gasteiger partial charge is 0.0573 e. The normalized spacial score (nSPS) is 12.4. The average Bonchev–Trinajstić information content (AvgIpc) is 2.77. The van der Waals surface area contributed by atoms with Crippen molar-refractivity contribution >= 4 is 25.1 Å². The van der Waals surface area contributed by atoms with Gasteiger partial charge >= 0.3 is 0 Å². The second-order valence-corrected chi connectivity index (χ2v) is 14.1. The molecule has 4 aromatic rings. The van der Waals surface area contributed by atoms with Gasteiger partial charge < -0.3 is 4.90 Å². The van der Waals surface area contributed by atoms with Crippen molar-refractivity contribution in [2.45, 2.75) is 25.2 Å². The molecule has 4 rings (SSSR count). The van der Waals surface area contributed by atoms with E-state index in [2.05, 4.69) is 140 Å². The topological polar surface area (TPSA) is 3.24 Å². The highest BCUT2D eigenvalue weighted by Gasteiger charge is 2.29. The molecule has 0 heterocycles. The number of anilines is 3. The molecule has 0 fully saturated rings. The lowest BCUT2D eigenvalue weighted by atomic mass is 10.0. The molecule has 0 radical (unpaired) electrons. The van der Waals surface area contributed by atoms with Crippen molar-refractivity contribution in [3.8, 4) is 0 Å². The minimum absolute atomic E-state index is 0.481. The zero-order chi connectivity index (χ0) is 21.0. The Morgan fingerprint density at radius 2 is 0.833 bits per heavy atom. The fourth-order valence-electron chi connectivity index (χ4n) is 4.26. The van der Waals surface area contributed by atoms with Gasteiger partial charge in [0.15, 0.2) is 0 Å². The standard InChI is InChI=1S/C28H29NSi/c1-30(2,3)28(23-13-7-4-8-14-23)24-19-21-27(22-20-24)29(25-15-9-5-10-16-25)26-17-11-6-12-18-26/h4-22,28H,1-3H3. The lowest BCUT2D eigenvalue weighted by molar-refractivity contribution is 1.07. The second-order valence-electron chi connectivity index (χ2n) is 8.81. The highest BCUT2D eigenvalue weighted by Crippen LogP contribution is 2.38. The van der Waals surface area contributed by atoms with Crippen LogP contribution in [0.4, 0.5) is 17.1 Å². The van der Waals surface area contributed by atoms with E-state index in [4.69, 9.17) is 0 Å². The maximum absolute atomic E-state index is 2.46. The summed E-state index contributed by atoms with van der Waals surface area (Å²) in [5, 5.41) is 0. The molecule has 0 aliphatic rings. The van der Waals surface area contributed by atoms with Crippen LogP contribution in [0.3, 0.4) is 0 Å². The van der Waals surface area contributed by atoms with E-state index in [1.165, 1.54) is 28.2 Å². The van der Waals surface area contributed by atoms with Gasteiger partial charge in [0.1, 0.15) is 0 Å². The zero-order valence-corrected chi connectivity index (χ0v) is 19.0. The van der Waals surface area contributed by atoms with Crippen molar-refractivity contribution in [3.63, 3.8) is 0 Å². The monoisotopic (exact) mass is 407 g/mol. The van der Waals surface area contributed by atoms with Crippen LogP contribution >= 0.6 is 0 Å². The van der Waals surface area contributed by atoms with Crippen LogP contribution in [0, 0.1) is 0 Å². The van der Waals surface area contributed by atoms with Crippen LogP contribution in [0.5, 0.6) is 0 Å². The highest BCUT2D eigenvalue weighted by atomic mass is 28.3. The third-order valence-corrected chi connectivity index (χ3v) is 7.91. The van der Waals surface area contributed by atoms with Gasteiger partial charge in [0.2, 0.25) is 0 Å². The molecular formula is C28H29NSi. The van der Waals surface area contributed by atoms with Gasteiger partial charge in [0.25, 0.3) is 0 Å². The Kier molecular flexibility index (Phi) is 5.87. The first-order valence-electron chi connectivity index (χ1n) is 10.6. The van der Waals surface area contributed by atoms with Crippen LogP contribution in [0.15, 0.2) is 115 Å². The molecular weight excluding hydrogens is 378 g/mol. The van der Waals surface area contributed by atoms with Crippen LogP contribution in [-0.4, -0.2) is 8.07 Å². The van der Waals surface area contributed by atoms with Gasteiger partial charge in [-0.2, -0.15) is 0 Å². The van der Waals surface area contributed by atoms with Gasteiger partial charge in [-0.3, -0.25) is 0 Å². The third kappa shape index (κ3) is 4.39. The van der Waals surface area contributed by atoms with Gasteiger partial charge in [0.05, 0.1) is 8.07 Å². The number of hydrogen-bond acceptors (Lipinski definition) is 1. The van der Waals surface area contributed by atoms with Crippen molar-refractivity contribution < 1.29 is 0 Å². The van der Waals surface area contributed by atoms with E-state index in [0.717, 1.165) is 0 Å². The molecule has 0 N–H and O–H groups in total. The van der Waals surface area contributed by atoms with Gasteiger partial charge in [-0.1, -0.05) is 98.5 Å². The summed E-state index contributed by atoms with van der Waals surface area (Å²) in [6.45, 7) is 7.37. The Morgan fingerprint density at radius 1 is 0.467 bits per heavy atom. The third-order valence-electron chi connectivity index (χ3n) is 5.51. The summed E-state index contributed by atoms with van der Waals surface area (Å²) < 4.78 is 0. The summed E-state index contributed by atoms with van der Waals surface area (Å²) in [5.74, 6) is 0.